The lowest BCUT2D eigenvalue weighted by atomic mass is 10.0. The van der Waals surface area contributed by atoms with Gasteiger partial charge in [0.05, 0.1) is 34.0 Å². The first kappa shape index (κ1) is 23.6. The van der Waals surface area contributed by atoms with Crippen LogP contribution in [0.1, 0.15) is 18.1 Å². The third-order valence-electron chi connectivity index (χ3n) is 5.41. The van der Waals surface area contributed by atoms with Crippen molar-refractivity contribution in [3.63, 3.8) is 0 Å². The second-order valence-electron chi connectivity index (χ2n) is 7.56. The molecule has 0 aromatic heterocycles. The number of ether oxygens (including phenoxy) is 2. The normalized spacial score (nSPS) is 14.6. The number of amides is 1. The largest absolute Gasteiger partial charge is 0.488 e. The molecule has 3 aromatic carbocycles. The molecule has 0 fully saturated rings. The smallest absolute Gasteiger partial charge is 0.340 e. The number of rotatable bonds is 6. The summed E-state index contributed by atoms with van der Waals surface area (Å²) in [6, 6.07) is 22.0. The Kier molecular flexibility index (Phi) is 7.06. The fourth-order valence-corrected chi connectivity index (χ4v) is 4.03. The number of esters is 1. The second kappa shape index (κ2) is 10.2. The van der Waals surface area contributed by atoms with E-state index in [4.69, 9.17) is 32.7 Å². The monoisotopic (exact) mass is 493 g/mol. The summed E-state index contributed by atoms with van der Waals surface area (Å²) in [4.78, 5) is 27.6. The zero-order valence-electron chi connectivity index (χ0n) is 18.5. The average molecular weight is 494 g/mol. The average Bonchev–Trinajstić information content (AvgIpc) is 3.09. The molecule has 34 heavy (non-hydrogen) atoms. The summed E-state index contributed by atoms with van der Waals surface area (Å²) in [6.45, 7) is 2.05. The first-order valence-corrected chi connectivity index (χ1v) is 11.2. The minimum atomic E-state index is -0.609. The number of anilines is 1. The molecule has 0 saturated carbocycles. The fraction of sp³-hybridized carbons (Fsp3) is 0.111. The van der Waals surface area contributed by atoms with E-state index in [-0.39, 0.29) is 17.1 Å². The van der Waals surface area contributed by atoms with E-state index >= 15 is 0 Å². The van der Waals surface area contributed by atoms with Gasteiger partial charge < -0.3 is 9.47 Å². The predicted molar refractivity (Wildman–Crippen MR) is 134 cm³/mol. The maximum atomic E-state index is 13.5. The molecule has 1 aliphatic rings. The maximum absolute atomic E-state index is 13.5. The topological polar surface area (TPSA) is 55.8 Å². The van der Waals surface area contributed by atoms with Gasteiger partial charge >= 0.3 is 5.97 Å². The Morgan fingerprint density at radius 3 is 2.38 bits per heavy atom. The highest BCUT2D eigenvalue weighted by atomic mass is 35.5. The molecule has 0 unspecified atom stereocenters. The maximum Gasteiger partial charge on any atom is 0.340 e. The number of hydrogen-bond acceptors (Lipinski definition) is 4. The van der Waals surface area contributed by atoms with Gasteiger partial charge in [0.25, 0.3) is 5.91 Å². The van der Waals surface area contributed by atoms with E-state index in [1.807, 2.05) is 54.6 Å². The van der Waals surface area contributed by atoms with Crippen LogP contribution in [0.4, 0.5) is 5.69 Å². The summed E-state index contributed by atoms with van der Waals surface area (Å²) in [6.07, 6.45) is 1.65. The highest BCUT2D eigenvalue weighted by molar-refractivity contribution is 6.42. The molecule has 0 atom stereocenters. The van der Waals surface area contributed by atoms with E-state index in [2.05, 4.69) is 0 Å². The quantitative estimate of drug-likeness (QED) is 0.292. The number of benzene rings is 3. The van der Waals surface area contributed by atoms with Gasteiger partial charge in [0.1, 0.15) is 12.4 Å². The lowest BCUT2D eigenvalue weighted by Gasteiger charge is -2.18. The molecular formula is C27H21Cl2NO4. The third kappa shape index (κ3) is 4.72. The van der Waals surface area contributed by atoms with E-state index in [9.17, 15) is 9.59 Å². The summed E-state index contributed by atoms with van der Waals surface area (Å²) in [5, 5.41) is 0.670. The molecule has 0 radical (unpaired) electrons. The van der Waals surface area contributed by atoms with Crippen molar-refractivity contribution >= 4 is 46.8 Å². The van der Waals surface area contributed by atoms with Crippen LogP contribution < -0.4 is 9.64 Å². The van der Waals surface area contributed by atoms with Gasteiger partial charge in [0, 0.05) is 11.3 Å². The lowest BCUT2D eigenvalue weighted by Crippen LogP contribution is -2.24. The number of carbonyl (C=O) groups is 2. The van der Waals surface area contributed by atoms with Crippen LogP contribution in [0, 0.1) is 0 Å². The number of allylic oxidation sites excluding steroid dienone is 1. The SMILES string of the molecule is COC(=O)C1=C(C)N(c2ccc(Cl)c(Cl)c2)C(=O)/C1=C\c1ccccc1OCc1ccccc1. The number of halogens is 2. The van der Waals surface area contributed by atoms with Crippen LogP contribution in [-0.2, 0) is 20.9 Å². The Labute approximate surface area is 207 Å². The van der Waals surface area contributed by atoms with E-state index < -0.39 is 5.97 Å². The number of methoxy groups -OCH3 is 1. The molecule has 0 N–H and O–H groups in total. The van der Waals surface area contributed by atoms with Gasteiger partial charge in [0.15, 0.2) is 0 Å². The van der Waals surface area contributed by atoms with Crippen LogP contribution in [0.3, 0.4) is 0 Å². The van der Waals surface area contributed by atoms with Gasteiger partial charge in [-0.2, -0.15) is 0 Å². The zero-order valence-corrected chi connectivity index (χ0v) is 20.1. The van der Waals surface area contributed by atoms with Crippen molar-refractivity contribution in [2.45, 2.75) is 13.5 Å². The Bertz CT molecular complexity index is 1320. The van der Waals surface area contributed by atoms with Gasteiger partial charge in [-0.1, -0.05) is 71.7 Å². The summed E-state index contributed by atoms with van der Waals surface area (Å²) >= 11 is 12.2. The van der Waals surface area contributed by atoms with Crippen molar-refractivity contribution in [2.75, 3.05) is 12.0 Å². The number of hydrogen-bond donors (Lipinski definition) is 0. The molecule has 0 saturated heterocycles. The fourth-order valence-electron chi connectivity index (χ4n) is 3.74. The van der Waals surface area contributed by atoms with Crippen LogP contribution >= 0.6 is 23.2 Å². The summed E-state index contributed by atoms with van der Waals surface area (Å²) < 4.78 is 11.0. The number of para-hydroxylation sites is 1. The number of nitrogens with zero attached hydrogens (tertiary/aromatic N) is 1. The number of carbonyl (C=O) groups excluding carboxylic acids is 2. The molecular weight excluding hydrogens is 473 g/mol. The molecule has 3 aromatic rings. The van der Waals surface area contributed by atoms with E-state index in [1.54, 1.807) is 31.2 Å². The minimum absolute atomic E-state index is 0.177. The first-order valence-electron chi connectivity index (χ1n) is 10.5. The van der Waals surface area contributed by atoms with Crippen molar-refractivity contribution in [3.8, 4) is 5.75 Å². The first-order chi connectivity index (χ1) is 16.4. The molecule has 7 heteroatoms. The lowest BCUT2D eigenvalue weighted by molar-refractivity contribution is -0.136. The molecule has 172 valence electrons. The molecule has 0 aliphatic carbocycles. The molecule has 1 aliphatic heterocycles. The van der Waals surface area contributed by atoms with Gasteiger partial charge in [-0.05, 0) is 42.8 Å². The van der Waals surface area contributed by atoms with Crippen molar-refractivity contribution < 1.29 is 19.1 Å². The Balaban J connectivity index is 1.74. The van der Waals surface area contributed by atoms with Crippen LogP contribution in [-0.4, -0.2) is 19.0 Å². The standard InChI is InChI=1S/C27H21Cl2NO4/c1-17-25(27(32)33-2)21(26(31)30(17)20-12-13-22(28)23(29)15-20)14-19-10-6-7-11-24(19)34-16-18-8-4-3-5-9-18/h3-15H,16H2,1-2H3/b21-14-. The van der Waals surface area contributed by atoms with Gasteiger partial charge in [-0.25, -0.2) is 4.79 Å². The Morgan fingerprint density at radius 1 is 0.971 bits per heavy atom. The Morgan fingerprint density at radius 2 is 1.68 bits per heavy atom. The summed E-state index contributed by atoms with van der Waals surface area (Å²) in [5.74, 6) is -0.405. The van der Waals surface area contributed by atoms with Crippen LogP contribution in [0.25, 0.3) is 6.08 Å². The highest BCUT2D eigenvalue weighted by Crippen LogP contribution is 2.38. The van der Waals surface area contributed by atoms with Gasteiger partial charge in [0.2, 0.25) is 0 Å². The van der Waals surface area contributed by atoms with E-state index in [0.717, 1.165) is 5.56 Å². The van der Waals surface area contributed by atoms with Crippen LogP contribution in [0.2, 0.25) is 10.0 Å². The van der Waals surface area contributed by atoms with Crippen molar-refractivity contribution in [3.05, 3.63) is 111 Å². The molecule has 1 heterocycles. The van der Waals surface area contributed by atoms with Crippen molar-refractivity contribution in [1.29, 1.82) is 0 Å². The molecule has 0 spiro atoms. The predicted octanol–water partition coefficient (Wildman–Crippen LogP) is 6.45. The molecule has 0 bridgehead atoms. The van der Waals surface area contributed by atoms with E-state index in [0.29, 0.717) is 39.3 Å². The van der Waals surface area contributed by atoms with Crippen molar-refractivity contribution in [1.82, 2.24) is 0 Å². The highest BCUT2D eigenvalue weighted by Gasteiger charge is 2.38. The molecule has 5 nitrogen and oxygen atoms in total. The second-order valence-corrected chi connectivity index (χ2v) is 8.38. The van der Waals surface area contributed by atoms with Gasteiger partial charge in [-0.15, -0.1) is 0 Å². The van der Waals surface area contributed by atoms with E-state index in [1.165, 1.54) is 12.0 Å². The zero-order chi connectivity index (χ0) is 24.2. The third-order valence-corrected chi connectivity index (χ3v) is 6.15. The summed E-state index contributed by atoms with van der Waals surface area (Å²) in [7, 11) is 1.28. The van der Waals surface area contributed by atoms with Crippen LogP contribution in [0.5, 0.6) is 5.75 Å². The van der Waals surface area contributed by atoms with Gasteiger partial charge in [-0.3, -0.25) is 9.69 Å². The van der Waals surface area contributed by atoms with Crippen molar-refractivity contribution in [2.24, 2.45) is 0 Å². The minimum Gasteiger partial charge on any atom is -0.488 e. The Hall–Kier alpha value is -3.54. The molecule has 1 amide bonds. The molecule has 4 rings (SSSR count). The van der Waals surface area contributed by atoms with Crippen LogP contribution in [0.15, 0.2) is 89.6 Å². The summed E-state index contributed by atoms with van der Waals surface area (Å²) in [5.41, 5.74) is 2.98.